The summed E-state index contributed by atoms with van der Waals surface area (Å²) in [5, 5.41) is 0. The quantitative estimate of drug-likeness (QED) is 0.286. The topological polar surface area (TPSA) is 43.4 Å². The Morgan fingerprint density at radius 3 is 2.55 bits per heavy atom. The third-order valence-electron chi connectivity index (χ3n) is 0.789. The maximum atomic E-state index is 10.7. The van der Waals surface area contributed by atoms with Crippen LogP contribution in [0.25, 0.3) is 0 Å². The van der Waals surface area contributed by atoms with Crippen molar-refractivity contribution in [3.05, 3.63) is 12.7 Å². The van der Waals surface area contributed by atoms with E-state index in [1.165, 1.54) is 6.08 Å². The molecule has 0 aromatic heterocycles. The smallest absolute Gasteiger partial charge is 1.00 e. The molecule has 0 rings (SSSR count). The van der Waals surface area contributed by atoms with E-state index in [4.69, 9.17) is 0 Å². The molecule has 0 bridgehead atoms. The van der Waals surface area contributed by atoms with E-state index in [2.05, 4.69) is 10.8 Å². The Morgan fingerprint density at radius 2 is 2.18 bits per heavy atom. The Labute approximate surface area is 91.7 Å². The molecule has 0 saturated carbocycles. The first-order valence-electron chi connectivity index (χ1n) is 3.10. The summed E-state index contributed by atoms with van der Waals surface area (Å²) in [6, 6.07) is 0. The zero-order valence-corrected chi connectivity index (χ0v) is 9.86. The Kier molecular flexibility index (Phi) is 9.43. The van der Waals surface area contributed by atoms with Gasteiger partial charge in [-0.3, -0.25) is 4.18 Å². The minimum absolute atomic E-state index is 0. The second-order valence-electron chi connectivity index (χ2n) is 1.83. The van der Waals surface area contributed by atoms with Crippen molar-refractivity contribution in [2.75, 3.05) is 12.4 Å². The molecule has 62 valence electrons. The maximum absolute atomic E-state index is 10.7. The summed E-state index contributed by atoms with van der Waals surface area (Å²) >= 11 is 0. The van der Waals surface area contributed by atoms with Gasteiger partial charge in [-0.15, -0.1) is 6.58 Å². The molecule has 0 amide bonds. The first kappa shape index (κ1) is 14.2. The zero-order valence-electron chi connectivity index (χ0n) is 8.04. The van der Waals surface area contributed by atoms with Gasteiger partial charge in [0.2, 0.25) is 0 Å². The average Bonchev–Trinajstić information content (AvgIpc) is 1.84. The predicted octanol–water partition coefficient (Wildman–Crippen LogP) is -1.95. The molecule has 0 aromatic rings. The van der Waals surface area contributed by atoms with E-state index in [-0.39, 0.29) is 43.3 Å². The van der Waals surface area contributed by atoms with Crippen molar-refractivity contribution in [3.8, 4) is 0 Å². The Bertz CT molecular complexity index is 191. The van der Waals surface area contributed by atoms with E-state index in [1.807, 2.05) is 6.92 Å². The molecule has 3 nitrogen and oxygen atoms in total. The van der Waals surface area contributed by atoms with E-state index in [0.29, 0.717) is 6.42 Å². The molecule has 0 N–H and O–H groups in total. The van der Waals surface area contributed by atoms with Gasteiger partial charge in [-0.2, -0.15) is 8.42 Å². The van der Waals surface area contributed by atoms with E-state index < -0.39 is 10.1 Å². The van der Waals surface area contributed by atoms with E-state index in [0.717, 1.165) is 0 Å². The molecule has 0 heterocycles. The van der Waals surface area contributed by atoms with Crippen LogP contribution in [0.3, 0.4) is 0 Å². The normalized spacial score (nSPS) is 10.3. The number of rotatable bonds is 5. The molecular weight excluding hydrogens is 175 g/mol. The van der Waals surface area contributed by atoms with Crippen LogP contribution >= 0.6 is 0 Å². The Hall–Kier alpha value is 0.650. The molecule has 0 aliphatic rings. The van der Waals surface area contributed by atoms with Gasteiger partial charge in [0.1, 0.15) is 0 Å². The number of hydrogen-bond donors (Lipinski definition) is 0. The standard InChI is InChI=1S/C6H12O3S.Na.H/c1-3-5-9-10(7,8)6-4-2;;/h4H,2-3,5-6H2,1H3;;/q;+1;-1. The van der Waals surface area contributed by atoms with Crippen LogP contribution in [0.1, 0.15) is 14.8 Å². The fourth-order valence-electron chi connectivity index (χ4n) is 0.403. The molecule has 0 atom stereocenters. The van der Waals surface area contributed by atoms with Crippen LogP contribution in [0.5, 0.6) is 0 Å². The monoisotopic (exact) mass is 188 g/mol. The van der Waals surface area contributed by atoms with Crippen LogP contribution in [-0.2, 0) is 14.3 Å². The van der Waals surface area contributed by atoms with Crippen LogP contribution in [0.2, 0.25) is 0 Å². The first-order valence-corrected chi connectivity index (χ1v) is 4.68. The van der Waals surface area contributed by atoms with Gasteiger partial charge < -0.3 is 1.43 Å². The molecule has 0 unspecified atom stereocenters. The molecule has 0 aliphatic carbocycles. The van der Waals surface area contributed by atoms with Crippen molar-refractivity contribution >= 4 is 10.1 Å². The minimum Gasteiger partial charge on any atom is -1.00 e. The fourth-order valence-corrected chi connectivity index (χ4v) is 1.21. The average molecular weight is 188 g/mol. The van der Waals surface area contributed by atoms with E-state index in [9.17, 15) is 8.42 Å². The van der Waals surface area contributed by atoms with Gasteiger partial charge >= 0.3 is 29.6 Å². The zero-order chi connectivity index (χ0) is 8.04. The summed E-state index contributed by atoms with van der Waals surface area (Å²) in [4.78, 5) is 0. The molecule has 0 aromatic carbocycles. The van der Waals surface area contributed by atoms with E-state index >= 15 is 0 Å². The van der Waals surface area contributed by atoms with Crippen molar-refractivity contribution in [1.82, 2.24) is 0 Å². The molecule has 0 saturated heterocycles. The van der Waals surface area contributed by atoms with Crippen LogP contribution in [0.4, 0.5) is 0 Å². The van der Waals surface area contributed by atoms with Gasteiger partial charge in [-0.1, -0.05) is 13.0 Å². The van der Waals surface area contributed by atoms with Crippen molar-refractivity contribution in [2.45, 2.75) is 13.3 Å². The predicted molar refractivity (Wildman–Crippen MR) is 41.3 cm³/mol. The molecule has 0 fully saturated rings. The van der Waals surface area contributed by atoms with Gasteiger partial charge in [0.15, 0.2) is 0 Å². The third-order valence-corrected chi connectivity index (χ3v) is 1.96. The van der Waals surface area contributed by atoms with Crippen LogP contribution in [0.15, 0.2) is 12.7 Å². The van der Waals surface area contributed by atoms with Crippen LogP contribution in [0, 0.1) is 0 Å². The van der Waals surface area contributed by atoms with Crippen molar-refractivity contribution in [3.63, 3.8) is 0 Å². The van der Waals surface area contributed by atoms with Gasteiger partial charge in [0.05, 0.1) is 12.4 Å². The maximum Gasteiger partial charge on any atom is 1.00 e. The number of hydrogen-bond acceptors (Lipinski definition) is 3. The Morgan fingerprint density at radius 1 is 1.64 bits per heavy atom. The van der Waals surface area contributed by atoms with Gasteiger partial charge in [-0.25, -0.2) is 0 Å². The molecule has 5 heteroatoms. The summed E-state index contributed by atoms with van der Waals surface area (Å²) in [5.41, 5.74) is 0. The largest absolute Gasteiger partial charge is 1.00 e. The summed E-state index contributed by atoms with van der Waals surface area (Å²) in [6.45, 7) is 5.41. The molecule has 0 aliphatic heterocycles. The summed E-state index contributed by atoms with van der Waals surface area (Å²) < 4.78 is 25.9. The van der Waals surface area contributed by atoms with Crippen LogP contribution in [-0.4, -0.2) is 20.8 Å². The van der Waals surface area contributed by atoms with Crippen molar-refractivity contribution in [2.24, 2.45) is 0 Å². The molecule has 0 radical (unpaired) electrons. The third kappa shape index (κ3) is 8.56. The summed E-state index contributed by atoms with van der Waals surface area (Å²) in [6.07, 6.45) is 2.02. The first-order chi connectivity index (χ1) is 4.62. The minimum atomic E-state index is -3.31. The van der Waals surface area contributed by atoms with Crippen LogP contribution < -0.4 is 29.6 Å². The SMILES string of the molecule is C=CCS(=O)(=O)OCCC.[H-].[Na+]. The molecule has 11 heavy (non-hydrogen) atoms. The fraction of sp³-hybridized carbons (Fsp3) is 0.667. The van der Waals surface area contributed by atoms with Gasteiger partial charge in [-0.05, 0) is 6.42 Å². The van der Waals surface area contributed by atoms with Crippen molar-refractivity contribution < 1.29 is 43.6 Å². The summed E-state index contributed by atoms with van der Waals surface area (Å²) in [7, 11) is -3.31. The van der Waals surface area contributed by atoms with Crippen molar-refractivity contribution in [1.29, 1.82) is 0 Å². The molecular formula is C6H13NaO3S. The molecule has 0 spiro atoms. The second kappa shape index (κ2) is 7.31. The van der Waals surface area contributed by atoms with Gasteiger partial charge in [0.25, 0.3) is 10.1 Å². The Balaban J connectivity index is -0.000000405. The second-order valence-corrected chi connectivity index (χ2v) is 3.52. The van der Waals surface area contributed by atoms with Gasteiger partial charge in [0, 0.05) is 0 Å². The summed E-state index contributed by atoms with van der Waals surface area (Å²) in [5.74, 6) is -0.104. The van der Waals surface area contributed by atoms with E-state index in [1.54, 1.807) is 0 Å².